The Bertz CT molecular complexity index is 254. The van der Waals surface area contributed by atoms with Gasteiger partial charge in [-0.2, -0.15) is 11.8 Å². The molecule has 2 atom stereocenters. The van der Waals surface area contributed by atoms with Crippen LogP contribution in [0.4, 0.5) is 0 Å². The number of halogens is 1. The van der Waals surface area contributed by atoms with Gasteiger partial charge in [-0.05, 0) is 13.3 Å². The van der Waals surface area contributed by atoms with Crippen molar-refractivity contribution in [1.29, 1.82) is 0 Å². The van der Waals surface area contributed by atoms with Crippen molar-refractivity contribution in [3.05, 3.63) is 0 Å². The first-order valence-corrected chi connectivity index (χ1v) is 7.03. The topological polar surface area (TPSA) is 50.4 Å². The van der Waals surface area contributed by atoms with E-state index in [1.165, 1.54) is 0 Å². The summed E-state index contributed by atoms with van der Waals surface area (Å²) in [6.07, 6.45) is 1.51. The van der Waals surface area contributed by atoms with Crippen molar-refractivity contribution in [2.75, 3.05) is 31.3 Å². The predicted molar refractivity (Wildman–Crippen MR) is 73.0 cm³/mol. The van der Waals surface area contributed by atoms with E-state index in [9.17, 15) is 4.79 Å². The normalized spacial score (nSPS) is 32.9. The van der Waals surface area contributed by atoms with Gasteiger partial charge in [-0.1, -0.05) is 0 Å². The molecule has 6 heteroatoms. The van der Waals surface area contributed by atoms with Gasteiger partial charge in [0.05, 0.1) is 12.1 Å². The van der Waals surface area contributed by atoms with E-state index < -0.39 is 0 Å². The van der Waals surface area contributed by atoms with Crippen molar-refractivity contribution in [1.82, 2.24) is 10.6 Å². The quantitative estimate of drug-likeness (QED) is 0.803. The third kappa shape index (κ3) is 4.66. The van der Waals surface area contributed by atoms with Crippen LogP contribution in [0, 0.1) is 0 Å². The third-order valence-corrected chi connectivity index (χ3v) is 4.22. The molecular formula is C11H21ClN2O2S. The van der Waals surface area contributed by atoms with Gasteiger partial charge in [-0.3, -0.25) is 4.79 Å². The molecule has 0 aliphatic carbocycles. The van der Waals surface area contributed by atoms with Crippen molar-refractivity contribution >= 4 is 30.1 Å². The van der Waals surface area contributed by atoms with Crippen LogP contribution in [0.25, 0.3) is 0 Å². The SMILES string of the molecule is CC1(NC(=O)CC2CSCCN2)CCOC1.Cl. The largest absolute Gasteiger partial charge is 0.379 e. The van der Waals surface area contributed by atoms with E-state index >= 15 is 0 Å². The summed E-state index contributed by atoms with van der Waals surface area (Å²) < 4.78 is 5.32. The molecule has 1 amide bonds. The molecule has 0 aromatic carbocycles. The Morgan fingerprint density at radius 3 is 3.06 bits per heavy atom. The number of carbonyl (C=O) groups is 1. The van der Waals surface area contributed by atoms with Gasteiger partial charge < -0.3 is 15.4 Å². The molecule has 2 saturated heterocycles. The van der Waals surface area contributed by atoms with Gasteiger partial charge in [0.2, 0.25) is 5.91 Å². The molecule has 2 N–H and O–H groups in total. The molecule has 2 fully saturated rings. The zero-order valence-corrected chi connectivity index (χ0v) is 11.8. The molecule has 0 spiro atoms. The molecule has 0 radical (unpaired) electrons. The molecular weight excluding hydrogens is 260 g/mol. The first-order valence-electron chi connectivity index (χ1n) is 5.88. The number of rotatable bonds is 3. The number of ether oxygens (including phenoxy) is 1. The summed E-state index contributed by atoms with van der Waals surface area (Å²) in [5, 5.41) is 6.46. The Kier molecular flexibility index (Phi) is 6.06. The molecule has 2 aliphatic rings. The van der Waals surface area contributed by atoms with E-state index in [-0.39, 0.29) is 23.9 Å². The summed E-state index contributed by atoms with van der Waals surface area (Å²) in [5.74, 6) is 2.35. The molecule has 2 aliphatic heterocycles. The maximum atomic E-state index is 11.9. The summed E-state index contributed by atoms with van der Waals surface area (Å²) in [4.78, 5) is 11.9. The van der Waals surface area contributed by atoms with Crippen LogP contribution in [0.15, 0.2) is 0 Å². The van der Waals surface area contributed by atoms with Crippen LogP contribution in [0.5, 0.6) is 0 Å². The molecule has 2 rings (SSSR count). The fraction of sp³-hybridized carbons (Fsp3) is 0.909. The first kappa shape index (κ1) is 15.1. The average molecular weight is 281 g/mol. The zero-order valence-electron chi connectivity index (χ0n) is 10.2. The van der Waals surface area contributed by atoms with Gasteiger partial charge in [0.25, 0.3) is 0 Å². The molecule has 0 saturated carbocycles. The van der Waals surface area contributed by atoms with Crippen LogP contribution in [0.2, 0.25) is 0 Å². The highest BCUT2D eigenvalue weighted by Crippen LogP contribution is 2.18. The molecule has 17 heavy (non-hydrogen) atoms. The number of nitrogens with one attached hydrogen (secondary N) is 2. The lowest BCUT2D eigenvalue weighted by molar-refractivity contribution is -0.123. The molecule has 4 nitrogen and oxygen atoms in total. The van der Waals surface area contributed by atoms with Gasteiger partial charge in [0.1, 0.15) is 0 Å². The summed E-state index contributed by atoms with van der Waals surface area (Å²) in [6.45, 7) is 4.48. The Balaban J connectivity index is 0.00000144. The minimum Gasteiger partial charge on any atom is -0.379 e. The second kappa shape index (κ2) is 6.83. The van der Waals surface area contributed by atoms with E-state index in [2.05, 4.69) is 17.6 Å². The predicted octanol–water partition coefficient (Wildman–Crippen LogP) is 0.798. The fourth-order valence-electron chi connectivity index (χ4n) is 2.13. The van der Waals surface area contributed by atoms with E-state index in [1.54, 1.807) is 0 Å². The van der Waals surface area contributed by atoms with Crippen molar-refractivity contribution in [2.24, 2.45) is 0 Å². The second-order valence-electron chi connectivity index (χ2n) is 4.84. The average Bonchev–Trinajstić information content (AvgIpc) is 2.66. The van der Waals surface area contributed by atoms with Crippen LogP contribution in [-0.2, 0) is 9.53 Å². The summed E-state index contributed by atoms with van der Waals surface area (Å²) in [6, 6.07) is 0.338. The summed E-state index contributed by atoms with van der Waals surface area (Å²) in [5.41, 5.74) is -0.140. The molecule has 0 bridgehead atoms. The van der Waals surface area contributed by atoms with Gasteiger partial charge in [0.15, 0.2) is 0 Å². The van der Waals surface area contributed by atoms with E-state index in [0.29, 0.717) is 19.1 Å². The Morgan fingerprint density at radius 1 is 1.65 bits per heavy atom. The van der Waals surface area contributed by atoms with Gasteiger partial charge in [-0.25, -0.2) is 0 Å². The molecule has 0 aromatic rings. The molecule has 0 aromatic heterocycles. The maximum absolute atomic E-state index is 11.9. The third-order valence-electron chi connectivity index (χ3n) is 3.09. The second-order valence-corrected chi connectivity index (χ2v) is 5.99. The maximum Gasteiger partial charge on any atom is 0.222 e. The number of hydrogen-bond donors (Lipinski definition) is 2. The van der Waals surface area contributed by atoms with Crippen molar-refractivity contribution in [3.63, 3.8) is 0 Å². The van der Waals surface area contributed by atoms with E-state index in [4.69, 9.17) is 4.74 Å². The lowest BCUT2D eigenvalue weighted by Crippen LogP contribution is -2.49. The molecule has 100 valence electrons. The van der Waals surface area contributed by atoms with Crippen molar-refractivity contribution in [2.45, 2.75) is 31.3 Å². The van der Waals surface area contributed by atoms with Gasteiger partial charge in [-0.15, -0.1) is 12.4 Å². The van der Waals surface area contributed by atoms with Crippen molar-refractivity contribution < 1.29 is 9.53 Å². The smallest absolute Gasteiger partial charge is 0.222 e. The van der Waals surface area contributed by atoms with Gasteiger partial charge >= 0.3 is 0 Å². The molecule has 2 heterocycles. The standard InChI is InChI=1S/C11H20N2O2S.ClH/c1-11(2-4-15-8-11)13-10(14)6-9-7-16-5-3-12-9;/h9,12H,2-8H2,1H3,(H,13,14);1H. The van der Waals surface area contributed by atoms with E-state index in [0.717, 1.165) is 31.1 Å². The van der Waals surface area contributed by atoms with Crippen LogP contribution in [-0.4, -0.2) is 48.8 Å². The lowest BCUT2D eigenvalue weighted by atomic mass is 10.0. The Labute approximate surface area is 113 Å². The molecule has 2 unspecified atom stereocenters. The highest BCUT2D eigenvalue weighted by molar-refractivity contribution is 7.99. The number of amides is 1. The van der Waals surface area contributed by atoms with Crippen LogP contribution in [0.3, 0.4) is 0 Å². The minimum absolute atomic E-state index is 0. The highest BCUT2D eigenvalue weighted by atomic mass is 35.5. The fourth-order valence-corrected chi connectivity index (χ4v) is 3.08. The first-order chi connectivity index (χ1) is 7.68. The van der Waals surface area contributed by atoms with Crippen LogP contribution >= 0.6 is 24.2 Å². The lowest BCUT2D eigenvalue weighted by Gasteiger charge is -2.27. The Morgan fingerprint density at radius 2 is 2.47 bits per heavy atom. The van der Waals surface area contributed by atoms with Crippen molar-refractivity contribution in [3.8, 4) is 0 Å². The Hall–Kier alpha value is 0.0300. The number of carbonyl (C=O) groups excluding carboxylic acids is 1. The summed E-state index contributed by atoms with van der Waals surface area (Å²) >= 11 is 1.92. The highest BCUT2D eigenvalue weighted by Gasteiger charge is 2.31. The monoisotopic (exact) mass is 280 g/mol. The van der Waals surface area contributed by atoms with E-state index in [1.807, 2.05) is 11.8 Å². The van der Waals surface area contributed by atoms with Crippen LogP contribution < -0.4 is 10.6 Å². The summed E-state index contributed by atoms with van der Waals surface area (Å²) in [7, 11) is 0. The van der Waals surface area contributed by atoms with Gasteiger partial charge in [0, 0.05) is 37.1 Å². The minimum atomic E-state index is -0.140. The number of hydrogen-bond acceptors (Lipinski definition) is 4. The number of thioether (sulfide) groups is 1. The zero-order chi connectivity index (χ0) is 11.4. The van der Waals surface area contributed by atoms with Crippen LogP contribution in [0.1, 0.15) is 19.8 Å².